The molecule has 0 bridgehead atoms. The minimum absolute atomic E-state index is 0.144. The summed E-state index contributed by atoms with van der Waals surface area (Å²) in [6.45, 7) is 6.63. The van der Waals surface area contributed by atoms with Gasteiger partial charge >= 0.3 is 0 Å². The van der Waals surface area contributed by atoms with Gasteiger partial charge in [0.15, 0.2) is 0 Å². The molecule has 120 valence electrons. The van der Waals surface area contributed by atoms with Crippen molar-refractivity contribution in [2.45, 2.75) is 32.9 Å². The van der Waals surface area contributed by atoms with Crippen molar-refractivity contribution in [1.29, 1.82) is 0 Å². The van der Waals surface area contributed by atoms with Crippen LogP contribution in [0, 0.1) is 0 Å². The van der Waals surface area contributed by atoms with E-state index in [-0.39, 0.29) is 6.61 Å². The molecule has 0 radical (unpaired) electrons. The first-order valence-electron chi connectivity index (χ1n) is 7.53. The standard InChI is InChI=1S/C17H24N2O2S/c1-13(2)17-18-10-15(22-17)12-19(8-9-20)11-14-6-4-5-7-16(14)21-3/h4-7,10,13,20H,8-9,11-12H2,1-3H3. The third-order valence-corrected chi connectivity index (χ3v) is 4.73. The number of aliphatic hydroxyl groups is 1. The number of benzene rings is 1. The van der Waals surface area contributed by atoms with E-state index in [2.05, 4.69) is 29.8 Å². The van der Waals surface area contributed by atoms with Crippen LogP contribution in [0.25, 0.3) is 0 Å². The second-order valence-electron chi connectivity index (χ2n) is 5.57. The number of aliphatic hydroxyl groups excluding tert-OH is 1. The number of hydrogen-bond acceptors (Lipinski definition) is 5. The minimum Gasteiger partial charge on any atom is -0.496 e. The largest absolute Gasteiger partial charge is 0.496 e. The SMILES string of the molecule is COc1ccccc1CN(CCO)Cc1cnc(C(C)C)s1. The topological polar surface area (TPSA) is 45.6 Å². The summed E-state index contributed by atoms with van der Waals surface area (Å²) in [4.78, 5) is 7.92. The van der Waals surface area contributed by atoms with Crippen LogP contribution < -0.4 is 4.74 Å². The van der Waals surface area contributed by atoms with Crippen molar-refractivity contribution < 1.29 is 9.84 Å². The highest BCUT2D eigenvalue weighted by molar-refractivity contribution is 7.11. The quantitative estimate of drug-likeness (QED) is 0.811. The molecule has 0 aliphatic rings. The summed E-state index contributed by atoms with van der Waals surface area (Å²) in [5.41, 5.74) is 1.13. The molecule has 1 aromatic heterocycles. The number of hydrogen-bond donors (Lipinski definition) is 1. The highest BCUT2D eigenvalue weighted by atomic mass is 32.1. The van der Waals surface area contributed by atoms with Crippen LogP contribution in [-0.2, 0) is 13.1 Å². The molecule has 1 aromatic carbocycles. The van der Waals surface area contributed by atoms with Gasteiger partial charge in [0, 0.05) is 42.2 Å². The predicted molar refractivity (Wildman–Crippen MR) is 90.4 cm³/mol. The molecule has 1 N–H and O–H groups in total. The number of rotatable bonds is 8. The van der Waals surface area contributed by atoms with E-state index in [1.807, 2.05) is 24.4 Å². The average molecular weight is 320 g/mol. The summed E-state index contributed by atoms with van der Waals surface area (Å²) in [5, 5.41) is 10.5. The van der Waals surface area contributed by atoms with Crippen molar-refractivity contribution >= 4 is 11.3 Å². The van der Waals surface area contributed by atoms with Crippen LogP contribution in [0.4, 0.5) is 0 Å². The molecule has 2 rings (SSSR count). The second kappa shape index (κ2) is 8.27. The predicted octanol–water partition coefficient (Wildman–Crippen LogP) is 3.27. The molecular formula is C17H24N2O2S. The normalized spacial score (nSPS) is 11.4. The van der Waals surface area contributed by atoms with Gasteiger partial charge in [0.2, 0.25) is 0 Å². The van der Waals surface area contributed by atoms with Gasteiger partial charge in [-0.25, -0.2) is 4.98 Å². The monoisotopic (exact) mass is 320 g/mol. The Hall–Kier alpha value is -1.43. The molecule has 0 atom stereocenters. The van der Waals surface area contributed by atoms with Crippen molar-refractivity contribution in [2.75, 3.05) is 20.3 Å². The van der Waals surface area contributed by atoms with Gasteiger partial charge in [-0.05, 0) is 6.07 Å². The van der Waals surface area contributed by atoms with Crippen LogP contribution in [-0.4, -0.2) is 35.3 Å². The molecule has 5 heteroatoms. The van der Waals surface area contributed by atoms with E-state index in [1.165, 1.54) is 4.88 Å². The number of nitrogens with zero attached hydrogens (tertiary/aromatic N) is 2. The highest BCUT2D eigenvalue weighted by Crippen LogP contribution is 2.24. The minimum atomic E-state index is 0.144. The zero-order valence-electron chi connectivity index (χ0n) is 13.5. The molecule has 0 unspecified atom stereocenters. The van der Waals surface area contributed by atoms with E-state index in [9.17, 15) is 5.11 Å². The number of ether oxygens (including phenoxy) is 1. The van der Waals surface area contributed by atoms with Gasteiger partial charge in [0.1, 0.15) is 5.75 Å². The summed E-state index contributed by atoms with van der Waals surface area (Å²) in [6.07, 6.45) is 1.95. The molecule has 0 fully saturated rings. The molecule has 0 spiro atoms. The number of aromatic nitrogens is 1. The summed E-state index contributed by atoms with van der Waals surface area (Å²) in [5.74, 6) is 1.34. The molecule has 2 aromatic rings. The van der Waals surface area contributed by atoms with Gasteiger partial charge in [-0.3, -0.25) is 4.90 Å². The first-order valence-corrected chi connectivity index (χ1v) is 8.35. The van der Waals surface area contributed by atoms with Gasteiger partial charge in [-0.15, -0.1) is 11.3 Å². The third-order valence-electron chi connectivity index (χ3n) is 3.45. The smallest absolute Gasteiger partial charge is 0.123 e. The molecule has 4 nitrogen and oxygen atoms in total. The van der Waals surface area contributed by atoms with Crippen LogP contribution in [0.1, 0.15) is 35.2 Å². The van der Waals surface area contributed by atoms with Crippen LogP contribution in [0.2, 0.25) is 0 Å². The lowest BCUT2D eigenvalue weighted by Gasteiger charge is -2.21. The van der Waals surface area contributed by atoms with Gasteiger partial charge < -0.3 is 9.84 Å². The van der Waals surface area contributed by atoms with E-state index in [0.29, 0.717) is 12.5 Å². The highest BCUT2D eigenvalue weighted by Gasteiger charge is 2.12. The fourth-order valence-electron chi connectivity index (χ4n) is 2.31. The summed E-state index contributed by atoms with van der Waals surface area (Å²) in [7, 11) is 1.69. The van der Waals surface area contributed by atoms with Crippen molar-refractivity contribution in [3.63, 3.8) is 0 Å². The first kappa shape index (κ1) is 16.9. The molecule has 0 saturated heterocycles. The summed E-state index contributed by atoms with van der Waals surface area (Å²) >= 11 is 1.75. The molecule has 0 amide bonds. The Balaban J connectivity index is 2.08. The zero-order valence-corrected chi connectivity index (χ0v) is 14.3. The lowest BCUT2D eigenvalue weighted by Crippen LogP contribution is -2.25. The maximum atomic E-state index is 9.33. The average Bonchev–Trinajstić information content (AvgIpc) is 2.97. The van der Waals surface area contributed by atoms with Crippen molar-refractivity contribution in [1.82, 2.24) is 9.88 Å². The van der Waals surface area contributed by atoms with E-state index >= 15 is 0 Å². The molecule has 1 heterocycles. The molecule has 0 saturated carbocycles. The lowest BCUT2D eigenvalue weighted by molar-refractivity contribution is 0.184. The van der Waals surface area contributed by atoms with Gasteiger partial charge in [-0.2, -0.15) is 0 Å². The zero-order chi connectivity index (χ0) is 15.9. The Bertz CT molecular complexity index is 584. The maximum Gasteiger partial charge on any atom is 0.123 e. The Kier molecular flexibility index (Phi) is 6.36. The van der Waals surface area contributed by atoms with Crippen LogP contribution >= 0.6 is 11.3 Å². The Labute approximate surface area is 136 Å². The fourth-order valence-corrected chi connectivity index (χ4v) is 3.28. The second-order valence-corrected chi connectivity index (χ2v) is 6.71. The summed E-state index contributed by atoms with van der Waals surface area (Å²) < 4.78 is 5.41. The maximum absolute atomic E-state index is 9.33. The van der Waals surface area contributed by atoms with Crippen LogP contribution in [0.5, 0.6) is 5.75 Å². The first-order chi connectivity index (χ1) is 10.6. The van der Waals surface area contributed by atoms with Gasteiger partial charge in [0.25, 0.3) is 0 Å². The third kappa shape index (κ3) is 4.53. The Morgan fingerprint density at radius 1 is 1.27 bits per heavy atom. The van der Waals surface area contributed by atoms with E-state index in [0.717, 1.165) is 29.4 Å². The number of methoxy groups -OCH3 is 1. The molecule has 22 heavy (non-hydrogen) atoms. The number of thiazole rings is 1. The van der Waals surface area contributed by atoms with Crippen molar-refractivity contribution in [2.24, 2.45) is 0 Å². The summed E-state index contributed by atoms with van der Waals surface area (Å²) in [6, 6.07) is 8.01. The lowest BCUT2D eigenvalue weighted by atomic mass is 10.2. The van der Waals surface area contributed by atoms with Crippen LogP contribution in [0.3, 0.4) is 0 Å². The van der Waals surface area contributed by atoms with Gasteiger partial charge in [0.05, 0.1) is 18.7 Å². The van der Waals surface area contributed by atoms with Crippen molar-refractivity contribution in [3.8, 4) is 5.75 Å². The van der Waals surface area contributed by atoms with Crippen LogP contribution in [0.15, 0.2) is 30.5 Å². The molecule has 0 aliphatic heterocycles. The van der Waals surface area contributed by atoms with E-state index < -0.39 is 0 Å². The number of para-hydroxylation sites is 1. The Morgan fingerprint density at radius 3 is 2.68 bits per heavy atom. The Morgan fingerprint density at radius 2 is 2.05 bits per heavy atom. The molecular weight excluding hydrogens is 296 g/mol. The van der Waals surface area contributed by atoms with E-state index in [1.54, 1.807) is 18.4 Å². The van der Waals surface area contributed by atoms with E-state index in [4.69, 9.17) is 4.74 Å². The fraction of sp³-hybridized carbons (Fsp3) is 0.471. The van der Waals surface area contributed by atoms with Crippen molar-refractivity contribution in [3.05, 3.63) is 45.9 Å². The van der Waals surface area contributed by atoms with Gasteiger partial charge in [-0.1, -0.05) is 32.0 Å². The molecule has 0 aliphatic carbocycles.